The summed E-state index contributed by atoms with van der Waals surface area (Å²) in [6, 6.07) is 26.9. The summed E-state index contributed by atoms with van der Waals surface area (Å²) < 4.78 is 0. The fourth-order valence-electron chi connectivity index (χ4n) is 2.93. The fourth-order valence-corrected chi connectivity index (χ4v) is 3.77. The number of amides is 1. The molecule has 6 nitrogen and oxygen atoms in total. The third kappa shape index (κ3) is 8.18. The molecule has 34 heavy (non-hydrogen) atoms. The van der Waals surface area contributed by atoms with Gasteiger partial charge in [-0.15, -0.1) is 12.1 Å². The van der Waals surface area contributed by atoms with Crippen LogP contribution < -0.4 is 39.8 Å². The zero-order valence-corrected chi connectivity index (χ0v) is 22.4. The minimum atomic E-state index is -0.833. The summed E-state index contributed by atoms with van der Waals surface area (Å²) in [5.41, 5.74) is 5.25. The van der Waals surface area contributed by atoms with Gasteiger partial charge in [0.2, 0.25) is 0 Å². The van der Waals surface area contributed by atoms with Crippen molar-refractivity contribution in [3.63, 3.8) is 0 Å². The average molecular weight is 482 g/mol. The topological polar surface area (TPSA) is 82.0 Å². The second-order valence-electron chi connectivity index (χ2n) is 7.32. The van der Waals surface area contributed by atoms with E-state index in [0.29, 0.717) is 10.1 Å². The molecule has 1 saturated heterocycles. The van der Waals surface area contributed by atoms with Gasteiger partial charge in [-0.25, -0.2) is 0 Å². The van der Waals surface area contributed by atoms with Crippen LogP contribution in [0.25, 0.3) is 17.2 Å². The van der Waals surface area contributed by atoms with Crippen molar-refractivity contribution < 1.29 is 44.3 Å². The van der Waals surface area contributed by atoms with Crippen LogP contribution >= 0.6 is 11.8 Å². The quantitative estimate of drug-likeness (QED) is 0.339. The van der Waals surface area contributed by atoms with E-state index in [1.165, 1.54) is 17.4 Å². The molecule has 1 aliphatic heterocycles. The number of carboxylic acids is 1. The first-order valence-corrected chi connectivity index (χ1v) is 11.0. The van der Waals surface area contributed by atoms with Gasteiger partial charge >= 0.3 is 29.6 Å². The van der Waals surface area contributed by atoms with Gasteiger partial charge < -0.3 is 15.3 Å². The van der Waals surface area contributed by atoms with Crippen molar-refractivity contribution >= 4 is 46.3 Å². The monoisotopic (exact) mass is 481 g/mol. The maximum atomic E-state index is 12.3. The molecule has 1 aliphatic rings. The molecule has 1 heterocycles. The van der Waals surface area contributed by atoms with Crippen molar-refractivity contribution in [3.8, 4) is 11.1 Å². The molecule has 8 heteroatoms. The molecule has 0 aliphatic carbocycles. The van der Waals surface area contributed by atoms with E-state index in [1.54, 1.807) is 12.1 Å². The Morgan fingerprint density at radius 1 is 1.00 bits per heavy atom. The molecule has 0 bridgehead atoms. The number of carboxylic acid groups (broad SMARTS) is 1. The summed E-state index contributed by atoms with van der Waals surface area (Å²) in [7, 11) is 4.06. The Labute approximate surface area is 226 Å². The molecule has 3 aromatic rings. The van der Waals surface area contributed by atoms with Gasteiger partial charge in [0.05, 0.1) is 4.91 Å². The number of thioether (sulfide) groups is 1. The van der Waals surface area contributed by atoms with E-state index in [2.05, 4.69) is 57.7 Å². The SMILES string of the molecule is CC(=O)O.CN(C)c1ccc(-c2ccc(C=C3SC(=Nc4cc[c-]cc4)NC3=O)cc2)cc1.[Na+]. The van der Waals surface area contributed by atoms with Gasteiger partial charge in [-0.05, 0) is 52.3 Å². The Hall–Kier alpha value is -2.84. The first-order valence-electron chi connectivity index (χ1n) is 10.1. The van der Waals surface area contributed by atoms with Crippen LogP contribution in [-0.2, 0) is 9.59 Å². The third-order valence-electron chi connectivity index (χ3n) is 4.51. The molecule has 2 N–H and O–H groups in total. The Bertz CT molecular complexity index is 1170. The van der Waals surface area contributed by atoms with E-state index < -0.39 is 5.97 Å². The molecule has 0 aromatic heterocycles. The van der Waals surface area contributed by atoms with Gasteiger partial charge in [-0.3, -0.25) is 14.6 Å². The third-order valence-corrected chi connectivity index (χ3v) is 5.42. The van der Waals surface area contributed by atoms with Gasteiger partial charge in [-0.2, -0.15) is 18.2 Å². The number of nitrogens with zero attached hydrogens (tertiary/aromatic N) is 2. The number of aliphatic carboxylic acids is 1. The van der Waals surface area contributed by atoms with Crippen LogP contribution in [0.15, 0.2) is 82.7 Å². The molecule has 4 rings (SSSR count). The van der Waals surface area contributed by atoms with E-state index in [-0.39, 0.29) is 35.5 Å². The number of anilines is 1. The first kappa shape index (κ1) is 27.4. The van der Waals surface area contributed by atoms with Crippen molar-refractivity contribution in [2.75, 3.05) is 19.0 Å². The summed E-state index contributed by atoms with van der Waals surface area (Å²) in [4.78, 5) is 28.4. The van der Waals surface area contributed by atoms with Crippen LogP contribution in [0.5, 0.6) is 0 Å². The number of hydrogen-bond donors (Lipinski definition) is 2. The molecule has 3 aromatic carbocycles. The van der Waals surface area contributed by atoms with Crippen LogP contribution in [-0.4, -0.2) is 36.2 Å². The number of aliphatic imine (C=N–C) groups is 1. The minimum Gasteiger partial charge on any atom is -0.481 e. The van der Waals surface area contributed by atoms with Gasteiger partial charge in [0.25, 0.3) is 11.9 Å². The van der Waals surface area contributed by atoms with E-state index in [0.717, 1.165) is 29.3 Å². The average Bonchev–Trinajstić information content (AvgIpc) is 3.13. The predicted octanol–water partition coefficient (Wildman–Crippen LogP) is 2.21. The van der Waals surface area contributed by atoms with Crippen LogP contribution in [0, 0.1) is 6.07 Å². The molecule has 0 atom stereocenters. The second kappa shape index (κ2) is 13.2. The van der Waals surface area contributed by atoms with Gasteiger partial charge in [0, 0.05) is 26.7 Å². The number of carbonyl (C=O) groups is 2. The molecule has 1 fully saturated rings. The molecule has 1 amide bonds. The van der Waals surface area contributed by atoms with Crippen molar-refractivity contribution in [2.45, 2.75) is 6.92 Å². The molecule has 0 saturated carbocycles. The maximum absolute atomic E-state index is 12.3. The van der Waals surface area contributed by atoms with E-state index in [1.807, 2.05) is 44.4 Å². The Morgan fingerprint density at radius 3 is 2.06 bits per heavy atom. The molecule has 0 unspecified atom stereocenters. The van der Waals surface area contributed by atoms with Gasteiger partial charge in [0.1, 0.15) is 0 Å². The number of amidine groups is 1. The predicted molar refractivity (Wildman–Crippen MR) is 136 cm³/mol. The van der Waals surface area contributed by atoms with Gasteiger partial charge in [0.15, 0.2) is 5.17 Å². The number of hydrogen-bond acceptors (Lipinski definition) is 5. The number of benzene rings is 3. The van der Waals surface area contributed by atoms with Crippen molar-refractivity contribution in [1.29, 1.82) is 0 Å². The van der Waals surface area contributed by atoms with Crippen LogP contribution in [0.3, 0.4) is 0 Å². The zero-order valence-electron chi connectivity index (χ0n) is 19.6. The number of carbonyl (C=O) groups excluding carboxylic acids is 1. The number of rotatable bonds is 4. The first-order chi connectivity index (χ1) is 15.8. The number of nitrogens with one attached hydrogen (secondary N) is 1. The second-order valence-corrected chi connectivity index (χ2v) is 8.35. The largest absolute Gasteiger partial charge is 1.00 e. The molecule has 0 spiro atoms. The Morgan fingerprint density at radius 2 is 1.53 bits per heavy atom. The summed E-state index contributed by atoms with van der Waals surface area (Å²) in [6.45, 7) is 1.08. The maximum Gasteiger partial charge on any atom is 1.00 e. The van der Waals surface area contributed by atoms with Gasteiger partial charge in [-0.1, -0.05) is 36.4 Å². The van der Waals surface area contributed by atoms with Crippen LogP contribution in [0.1, 0.15) is 12.5 Å². The van der Waals surface area contributed by atoms with Crippen molar-refractivity contribution in [2.24, 2.45) is 4.99 Å². The Balaban J connectivity index is 0.000000758. The zero-order chi connectivity index (χ0) is 23.8. The molecule has 168 valence electrons. The van der Waals surface area contributed by atoms with Crippen LogP contribution in [0.2, 0.25) is 0 Å². The van der Waals surface area contributed by atoms with Crippen LogP contribution in [0.4, 0.5) is 11.4 Å². The van der Waals surface area contributed by atoms with E-state index in [9.17, 15) is 4.79 Å². The van der Waals surface area contributed by atoms with E-state index in [4.69, 9.17) is 9.90 Å². The summed E-state index contributed by atoms with van der Waals surface area (Å²) >= 11 is 1.35. The molecular formula is C26H24N3NaO3S. The standard InChI is InChI=1S/C24H20N3OS.C2H4O2.Na/c1-27(2)21-14-12-19(13-15-21)18-10-8-17(9-11-18)16-22-23(28)26-24(29-22)25-20-6-4-3-5-7-20;1-2(3)4;/h4-16H,1-2H3,(H,25,26,28);1H3,(H,3,4);/q-1;;+1. The minimum absolute atomic E-state index is 0. The fraction of sp³-hybridized carbons (Fsp3) is 0.115. The smallest absolute Gasteiger partial charge is 0.481 e. The van der Waals surface area contributed by atoms with Crippen molar-refractivity contribution in [1.82, 2.24) is 5.32 Å². The summed E-state index contributed by atoms with van der Waals surface area (Å²) in [5.74, 6) is -0.959. The Kier molecular flexibility index (Phi) is 10.6. The molecule has 0 radical (unpaired) electrons. The summed E-state index contributed by atoms with van der Waals surface area (Å²) in [5, 5.41) is 10.8. The normalized spacial score (nSPS) is 14.6. The molecular weight excluding hydrogens is 457 g/mol. The summed E-state index contributed by atoms with van der Waals surface area (Å²) in [6.07, 6.45) is 1.89. The van der Waals surface area contributed by atoms with Crippen molar-refractivity contribution in [3.05, 3.63) is 89.3 Å². The van der Waals surface area contributed by atoms with E-state index >= 15 is 0 Å².